The summed E-state index contributed by atoms with van der Waals surface area (Å²) in [6.45, 7) is 21.2. The van der Waals surface area contributed by atoms with Crippen molar-refractivity contribution in [3.05, 3.63) is 83.0 Å². The van der Waals surface area contributed by atoms with Gasteiger partial charge in [0, 0.05) is 33.1 Å². The van der Waals surface area contributed by atoms with E-state index in [0.717, 1.165) is 33.8 Å². The molecule has 0 aliphatic heterocycles. The lowest BCUT2D eigenvalue weighted by Gasteiger charge is -2.30. The summed E-state index contributed by atoms with van der Waals surface area (Å²) in [5.74, 6) is 2.51. The fourth-order valence-corrected chi connectivity index (χ4v) is 8.49. The van der Waals surface area contributed by atoms with Gasteiger partial charge in [0.1, 0.15) is 11.5 Å². The van der Waals surface area contributed by atoms with Gasteiger partial charge in [0.2, 0.25) is 0 Å². The van der Waals surface area contributed by atoms with Gasteiger partial charge in [-0.25, -0.2) is 0 Å². The number of thioether (sulfide) groups is 2. The van der Waals surface area contributed by atoms with E-state index in [1.165, 1.54) is 49.7 Å². The first kappa shape index (κ1) is 32.7. The highest BCUT2D eigenvalue weighted by atomic mass is 32.2. The van der Waals surface area contributed by atoms with Crippen LogP contribution >= 0.6 is 23.5 Å². The number of aromatic hydroxyl groups is 2. The van der Waals surface area contributed by atoms with E-state index in [0.29, 0.717) is 34.8 Å². The van der Waals surface area contributed by atoms with Crippen LogP contribution in [0.1, 0.15) is 113 Å². The number of hydrogen-bond acceptors (Lipinski definition) is 4. The monoisotopic (exact) mass is 580 g/mol. The van der Waals surface area contributed by atoms with Gasteiger partial charge in [-0.2, -0.15) is 23.5 Å². The maximum atomic E-state index is 11.1. The largest absolute Gasteiger partial charge is 0.507 e. The molecule has 4 heteroatoms. The molecule has 0 aromatic heterocycles. The molecule has 1 aliphatic rings. The van der Waals surface area contributed by atoms with Crippen molar-refractivity contribution in [1.29, 1.82) is 0 Å². The summed E-state index contributed by atoms with van der Waals surface area (Å²) < 4.78 is 0. The topological polar surface area (TPSA) is 40.5 Å². The number of phenols is 2. The van der Waals surface area contributed by atoms with E-state index in [-0.39, 0.29) is 10.8 Å². The Morgan fingerprint density at radius 1 is 0.650 bits per heavy atom. The molecule has 0 radical (unpaired) electrons. The van der Waals surface area contributed by atoms with E-state index < -0.39 is 0 Å². The highest BCUT2D eigenvalue weighted by Crippen LogP contribution is 2.41. The normalized spacial score (nSPS) is 18.6. The third-order valence-electron chi connectivity index (χ3n) is 8.04. The first-order valence-corrected chi connectivity index (χ1v) is 17.1. The quantitative estimate of drug-likeness (QED) is 0.274. The van der Waals surface area contributed by atoms with Crippen LogP contribution in [-0.4, -0.2) is 20.7 Å². The molecule has 0 bridgehead atoms. The second-order valence-corrected chi connectivity index (χ2v) is 15.9. The Morgan fingerprint density at radius 2 is 1.00 bits per heavy atom. The van der Waals surface area contributed by atoms with Gasteiger partial charge >= 0.3 is 0 Å². The minimum Gasteiger partial charge on any atom is -0.507 e. The van der Waals surface area contributed by atoms with Crippen molar-refractivity contribution >= 4 is 23.5 Å². The fraction of sp³-hybridized carbons (Fsp3) is 0.556. The number of allylic oxidation sites excluding steroid dienone is 2. The Morgan fingerprint density at radius 3 is 1.32 bits per heavy atom. The number of phenolic OH excluding ortho intramolecular Hbond substituents is 2. The molecule has 0 heterocycles. The smallest absolute Gasteiger partial charge is 0.123 e. The summed E-state index contributed by atoms with van der Waals surface area (Å²) in [6.07, 6.45) is 12.7. The van der Waals surface area contributed by atoms with E-state index in [4.69, 9.17) is 0 Å². The molecule has 1 aliphatic carbocycles. The van der Waals surface area contributed by atoms with E-state index in [1.54, 1.807) is 0 Å². The van der Waals surface area contributed by atoms with Gasteiger partial charge in [0.15, 0.2) is 0 Å². The molecule has 3 rings (SSSR count). The second kappa shape index (κ2) is 14.4. The lowest BCUT2D eigenvalue weighted by Crippen LogP contribution is -2.22. The average Bonchev–Trinajstić information content (AvgIpc) is 2.85. The van der Waals surface area contributed by atoms with Gasteiger partial charge in [-0.15, -0.1) is 13.2 Å². The summed E-state index contributed by atoms with van der Waals surface area (Å²) >= 11 is 4.03. The van der Waals surface area contributed by atoms with Gasteiger partial charge < -0.3 is 10.2 Å². The molecule has 0 spiro atoms. The number of benzene rings is 2. The standard InChI is InChI=1S/C36H52O2S2/c1-9-15-25-19-29(35(3,4)5)21-27(33(25)37)23-39-31-17-13-11-12-14-18-32(31)40-24-28-22-30(36(6,7)8)20-26(16-10-2)34(28)38/h9-10,19-22,31-32,37-38H,1-2,11-18,23-24H2,3-8H3/t31-,32-/m0/s1. The maximum absolute atomic E-state index is 11.1. The average molecular weight is 581 g/mol. The molecule has 0 saturated heterocycles. The molecule has 40 heavy (non-hydrogen) atoms. The minimum atomic E-state index is 0.0235. The van der Waals surface area contributed by atoms with Crippen molar-refractivity contribution in [2.45, 2.75) is 126 Å². The molecule has 1 saturated carbocycles. The van der Waals surface area contributed by atoms with Crippen LogP contribution in [0.4, 0.5) is 0 Å². The summed E-state index contributed by atoms with van der Waals surface area (Å²) in [5, 5.41) is 23.3. The summed E-state index contributed by atoms with van der Waals surface area (Å²) in [7, 11) is 0. The van der Waals surface area contributed by atoms with E-state index in [9.17, 15) is 10.2 Å². The highest BCUT2D eigenvalue weighted by Gasteiger charge is 2.26. The molecule has 2 nitrogen and oxygen atoms in total. The molecular weight excluding hydrogens is 529 g/mol. The van der Waals surface area contributed by atoms with Crippen LogP contribution in [0.15, 0.2) is 49.6 Å². The third kappa shape index (κ3) is 8.86. The number of hydrogen-bond donors (Lipinski definition) is 2. The summed E-state index contributed by atoms with van der Waals surface area (Å²) in [4.78, 5) is 0. The van der Waals surface area contributed by atoms with E-state index in [2.05, 4.69) is 79.0 Å². The predicted octanol–water partition coefficient (Wildman–Crippen LogP) is 10.4. The maximum Gasteiger partial charge on any atom is 0.123 e. The SMILES string of the molecule is C=CCc1cc(C(C)(C)C)cc(CS[C@H]2CCCCCC[C@@H]2SCc2cc(C(C)(C)C)cc(CC=C)c2O)c1O. The first-order chi connectivity index (χ1) is 18.8. The summed E-state index contributed by atoms with van der Waals surface area (Å²) in [6, 6.07) is 8.74. The zero-order valence-electron chi connectivity index (χ0n) is 25.8. The highest BCUT2D eigenvalue weighted by molar-refractivity contribution is 8.03. The van der Waals surface area contributed by atoms with Gasteiger partial charge in [-0.05, 0) is 58.8 Å². The molecule has 2 aromatic rings. The minimum absolute atomic E-state index is 0.0235. The van der Waals surface area contributed by atoms with Crippen LogP contribution in [0.2, 0.25) is 0 Å². The molecule has 220 valence electrons. The van der Waals surface area contributed by atoms with Gasteiger partial charge in [0.25, 0.3) is 0 Å². The molecular formula is C36H52O2S2. The second-order valence-electron chi connectivity index (χ2n) is 13.5. The zero-order valence-corrected chi connectivity index (χ0v) is 27.4. The first-order valence-electron chi connectivity index (χ1n) is 15.0. The van der Waals surface area contributed by atoms with Crippen molar-refractivity contribution in [2.75, 3.05) is 0 Å². The number of rotatable bonds is 10. The molecule has 2 aromatic carbocycles. The van der Waals surface area contributed by atoms with Crippen molar-refractivity contribution in [1.82, 2.24) is 0 Å². The van der Waals surface area contributed by atoms with E-state index >= 15 is 0 Å². The van der Waals surface area contributed by atoms with E-state index in [1.807, 2.05) is 35.7 Å². The Hall–Kier alpha value is -1.78. The van der Waals surface area contributed by atoms with Crippen LogP contribution in [0, 0.1) is 0 Å². The molecule has 2 atom stereocenters. The predicted molar refractivity (Wildman–Crippen MR) is 179 cm³/mol. The fourth-order valence-electron chi connectivity index (χ4n) is 5.42. The third-order valence-corrected chi connectivity index (χ3v) is 11.2. The molecule has 0 unspecified atom stereocenters. The Balaban J connectivity index is 1.84. The van der Waals surface area contributed by atoms with Crippen LogP contribution in [0.5, 0.6) is 11.5 Å². The Kier molecular flexibility index (Phi) is 11.8. The molecule has 0 amide bonds. The molecule has 1 fully saturated rings. The lowest BCUT2D eigenvalue weighted by molar-refractivity contribution is 0.462. The lowest BCUT2D eigenvalue weighted by atomic mass is 9.84. The van der Waals surface area contributed by atoms with Crippen LogP contribution < -0.4 is 0 Å². The Bertz CT molecular complexity index is 1060. The van der Waals surface area contributed by atoms with Gasteiger partial charge in [0.05, 0.1) is 0 Å². The Labute approximate surface area is 253 Å². The van der Waals surface area contributed by atoms with Crippen molar-refractivity contribution < 1.29 is 10.2 Å². The summed E-state index contributed by atoms with van der Waals surface area (Å²) in [5.41, 5.74) is 6.63. The van der Waals surface area contributed by atoms with Crippen molar-refractivity contribution in [3.63, 3.8) is 0 Å². The van der Waals surface area contributed by atoms with Crippen molar-refractivity contribution in [3.8, 4) is 11.5 Å². The van der Waals surface area contributed by atoms with Crippen LogP contribution in [-0.2, 0) is 35.2 Å². The zero-order chi connectivity index (χ0) is 29.5. The van der Waals surface area contributed by atoms with Crippen LogP contribution in [0.3, 0.4) is 0 Å². The molecule has 2 N–H and O–H groups in total. The van der Waals surface area contributed by atoms with Gasteiger partial charge in [-0.3, -0.25) is 0 Å². The van der Waals surface area contributed by atoms with Crippen LogP contribution in [0.25, 0.3) is 0 Å². The van der Waals surface area contributed by atoms with Gasteiger partial charge in [-0.1, -0.05) is 104 Å². The van der Waals surface area contributed by atoms with Crippen molar-refractivity contribution in [2.24, 2.45) is 0 Å².